The van der Waals surface area contributed by atoms with Crippen LogP contribution >= 0.6 is 0 Å². The molecule has 0 amide bonds. The van der Waals surface area contributed by atoms with E-state index in [0.717, 1.165) is 0 Å². The van der Waals surface area contributed by atoms with Gasteiger partial charge in [0.1, 0.15) is 6.17 Å². The molecule has 18 heavy (non-hydrogen) atoms. The third kappa shape index (κ3) is 4.55. The van der Waals surface area contributed by atoms with Crippen molar-refractivity contribution in [1.82, 2.24) is 9.80 Å². The number of hydrogen-bond acceptors (Lipinski definition) is 2. The van der Waals surface area contributed by atoms with Gasteiger partial charge in [0.2, 0.25) is 0 Å². The third-order valence-corrected chi connectivity index (χ3v) is 3.82. The van der Waals surface area contributed by atoms with Crippen molar-refractivity contribution in [2.24, 2.45) is 0 Å². The van der Waals surface area contributed by atoms with Crippen LogP contribution in [0.3, 0.4) is 0 Å². The van der Waals surface area contributed by atoms with Crippen LogP contribution in [0.2, 0.25) is 0 Å². The second kappa shape index (κ2) is 8.44. The molecule has 0 N–H and O–H groups in total. The van der Waals surface area contributed by atoms with Crippen LogP contribution in [0.15, 0.2) is 12.4 Å². The van der Waals surface area contributed by atoms with Crippen molar-refractivity contribution in [3.05, 3.63) is 12.4 Å². The molecule has 1 heterocycles. The molecule has 2 heteroatoms. The first-order chi connectivity index (χ1) is 8.70. The molecule has 0 aromatic carbocycles. The predicted molar refractivity (Wildman–Crippen MR) is 80.3 cm³/mol. The van der Waals surface area contributed by atoms with Crippen LogP contribution in [0.4, 0.5) is 0 Å². The van der Waals surface area contributed by atoms with E-state index >= 15 is 0 Å². The minimum absolute atomic E-state index is 0.612. The molecule has 1 aliphatic heterocycles. The summed E-state index contributed by atoms with van der Waals surface area (Å²) in [4.78, 5) is 5.06. The quantitative estimate of drug-likeness (QED) is 0.554. The van der Waals surface area contributed by atoms with E-state index in [1.54, 1.807) is 0 Å². The van der Waals surface area contributed by atoms with Gasteiger partial charge in [0, 0.05) is 25.0 Å². The van der Waals surface area contributed by atoms with Gasteiger partial charge >= 0.3 is 0 Å². The highest BCUT2D eigenvalue weighted by atomic mass is 15.4. The summed E-state index contributed by atoms with van der Waals surface area (Å²) in [5, 5.41) is 0. The Morgan fingerprint density at radius 2 is 1.67 bits per heavy atom. The van der Waals surface area contributed by atoms with Gasteiger partial charge in [-0.1, -0.05) is 46.0 Å². The average Bonchev–Trinajstić information content (AvgIpc) is 2.73. The van der Waals surface area contributed by atoms with E-state index in [9.17, 15) is 0 Å². The average molecular weight is 252 g/mol. The minimum Gasteiger partial charge on any atom is -0.356 e. The van der Waals surface area contributed by atoms with Crippen LogP contribution in [0.1, 0.15) is 72.6 Å². The van der Waals surface area contributed by atoms with Gasteiger partial charge in [0.25, 0.3) is 0 Å². The summed E-state index contributed by atoms with van der Waals surface area (Å²) in [6.07, 6.45) is 14.6. The molecule has 1 unspecified atom stereocenters. The Bertz CT molecular complexity index is 235. The molecule has 0 bridgehead atoms. The zero-order chi connectivity index (χ0) is 13.4. The van der Waals surface area contributed by atoms with Gasteiger partial charge in [-0.2, -0.15) is 0 Å². The third-order valence-electron chi connectivity index (χ3n) is 3.82. The highest BCUT2D eigenvalue weighted by Gasteiger charge is 2.26. The zero-order valence-corrected chi connectivity index (χ0v) is 12.9. The fraction of sp³-hybridized carbons (Fsp3) is 0.875. The van der Waals surface area contributed by atoms with Crippen LogP contribution < -0.4 is 0 Å². The second-order valence-electron chi connectivity index (χ2n) is 5.76. The first-order valence-corrected chi connectivity index (χ1v) is 7.92. The van der Waals surface area contributed by atoms with Crippen molar-refractivity contribution in [1.29, 1.82) is 0 Å². The van der Waals surface area contributed by atoms with Gasteiger partial charge in [0.05, 0.1) is 0 Å². The molecule has 106 valence electrons. The largest absolute Gasteiger partial charge is 0.356 e. The van der Waals surface area contributed by atoms with E-state index in [4.69, 9.17) is 0 Å². The maximum absolute atomic E-state index is 2.55. The molecule has 0 fully saturated rings. The predicted octanol–water partition coefficient (Wildman–Crippen LogP) is 4.58. The van der Waals surface area contributed by atoms with Crippen LogP contribution in [-0.4, -0.2) is 28.6 Å². The maximum atomic E-state index is 2.55. The van der Waals surface area contributed by atoms with Crippen molar-refractivity contribution in [3.63, 3.8) is 0 Å². The molecule has 1 rings (SSSR count). The van der Waals surface area contributed by atoms with E-state index in [2.05, 4.69) is 49.9 Å². The standard InChI is InChI=1S/C16H32N2/c1-5-7-8-9-10-12-17-13-14-18(15(3)4)16(17)11-6-2/h13-16H,5-12H2,1-4H3. The summed E-state index contributed by atoms with van der Waals surface area (Å²) in [5.74, 6) is 0. The molecule has 0 aliphatic carbocycles. The fourth-order valence-corrected chi connectivity index (χ4v) is 2.74. The lowest BCUT2D eigenvalue weighted by Crippen LogP contribution is -2.42. The Kier molecular flexibility index (Phi) is 7.22. The van der Waals surface area contributed by atoms with Crippen molar-refractivity contribution in [2.75, 3.05) is 6.54 Å². The summed E-state index contributed by atoms with van der Waals surface area (Å²) >= 11 is 0. The van der Waals surface area contributed by atoms with Crippen molar-refractivity contribution in [2.45, 2.75) is 84.8 Å². The first kappa shape index (κ1) is 15.4. The van der Waals surface area contributed by atoms with Gasteiger partial charge in [-0.15, -0.1) is 0 Å². The molecule has 0 spiro atoms. The first-order valence-electron chi connectivity index (χ1n) is 7.92. The number of rotatable bonds is 9. The molecule has 2 nitrogen and oxygen atoms in total. The van der Waals surface area contributed by atoms with Crippen molar-refractivity contribution in [3.8, 4) is 0 Å². The second-order valence-corrected chi connectivity index (χ2v) is 5.76. The van der Waals surface area contributed by atoms with E-state index in [-0.39, 0.29) is 0 Å². The van der Waals surface area contributed by atoms with E-state index < -0.39 is 0 Å². The maximum Gasteiger partial charge on any atom is 0.101 e. The summed E-state index contributed by atoms with van der Waals surface area (Å²) in [5.41, 5.74) is 0. The Labute approximate surface area is 114 Å². The molecule has 1 aliphatic rings. The molecule has 1 atom stereocenters. The highest BCUT2D eigenvalue weighted by Crippen LogP contribution is 2.23. The lowest BCUT2D eigenvalue weighted by atomic mass is 10.1. The van der Waals surface area contributed by atoms with E-state index in [1.807, 2.05) is 0 Å². The summed E-state index contributed by atoms with van der Waals surface area (Å²) in [7, 11) is 0. The molecule has 0 aromatic rings. The smallest absolute Gasteiger partial charge is 0.101 e. The Balaban J connectivity index is 2.33. The van der Waals surface area contributed by atoms with Crippen molar-refractivity contribution < 1.29 is 0 Å². The molecular weight excluding hydrogens is 220 g/mol. The number of nitrogens with zero attached hydrogens (tertiary/aromatic N) is 2. The Morgan fingerprint density at radius 3 is 2.28 bits per heavy atom. The SMILES string of the molecule is CCCCCCCN1C=CN(C(C)C)C1CCC. The fourth-order valence-electron chi connectivity index (χ4n) is 2.74. The summed E-state index contributed by atoms with van der Waals surface area (Å²) in [6, 6.07) is 0.614. The molecule has 0 aromatic heterocycles. The molecular formula is C16H32N2. The molecule has 0 saturated heterocycles. The lowest BCUT2D eigenvalue weighted by molar-refractivity contribution is 0.116. The number of unbranched alkanes of at least 4 members (excludes halogenated alkanes) is 4. The van der Waals surface area contributed by atoms with Crippen LogP contribution in [0.25, 0.3) is 0 Å². The van der Waals surface area contributed by atoms with Crippen LogP contribution in [0.5, 0.6) is 0 Å². The normalized spacial score (nSPS) is 19.3. The van der Waals surface area contributed by atoms with Gasteiger partial charge < -0.3 is 9.80 Å². The van der Waals surface area contributed by atoms with Gasteiger partial charge in [-0.25, -0.2) is 0 Å². The lowest BCUT2D eigenvalue weighted by Gasteiger charge is -2.35. The summed E-state index contributed by atoms with van der Waals surface area (Å²) < 4.78 is 0. The van der Waals surface area contributed by atoms with E-state index in [1.165, 1.54) is 51.5 Å². The van der Waals surface area contributed by atoms with Gasteiger partial charge in [-0.3, -0.25) is 0 Å². The Hall–Kier alpha value is -0.660. The molecule has 0 saturated carbocycles. The monoisotopic (exact) mass is 252 g/mol. The van der Waals surface area contributed by atoms with Gasteiger partial charge in [-0.05, 0) is 26.7 Å². The Morgan fingerprint density at radius 1 is 0.944 bits per heavy atom. The summed E-state index contributed by atoms with van der Waals surface area (Å²) in [6.45, 7) is 10.4. The van der Waals surface area contributed by atoms with Crippen LogP contribution in [-0.2, 0) is 0 Å². The minimum atomic E-state index is 0.612. The molecule has 0 radical (unpaired) electrons. The van der Waals surface area contributed by atoms with Gasteiger partial charge in [0.15, 0.2) is 0 Å². The van der Waals surface area contributed by atoms with E-state index in [0.29, 0.717) is 12.2 Å². The van der Waals surface area contributed by atoms with Crippen molar-refractivity contribution >= 4 is 0 Å². The topological polar surface area (TPSA) is 6.48 Å². The van der Waals surface area contributed by atoms with Crippen LogP contribution in [0, 0.1) is 0 Å². The highest BCUT2D eigenvalue weighted by molar-refractivity contribution is 4.98. The number of hydrogen-bond donors (Lipinski definition) is 0. The zero-order valence-electron chi connectivity index (χ0n) is 12.9.